The monoisotopic (exact) mass is 416 g/mol. The van der Waals surface area contributed by atoms with Gasteiger partial charge in [-0.3, -0.25) is 9.72 Å². The number of benzene rings is 1. The van der Waals surface area contributed by atoms with Crippen molar-refractivity contribution in [3.05, 3.63) is 41.8 Å². The number of amides is 3. The van der Waals surface area contributed by atoms with Crippen molar-refractivity contribution in [1.82, 2.24) is 19.3 Å². The summed E-state index contributed by atoms with van der Waals surface area (Å²) in [4.78, 5) is 33.8. The molecular weight excluding hydrogens is 396 g/mol. The minimum Gasteiger partial charge on any atom is -0.447 e. The van der Waals surface area contributed by atoms with E-state index in [1.54, 1.807) is 62.9 Å². The molecule has 0 atom stereocenters. The number of imidazole rings is 1. The molecule has 0 radical (unpaired) electrons. The quantitative estimate of drug-likeness (QED) is 0.666. The van der Waals surface area contributed by atoms with E-state index in [9.17, 15) is 9.59 Å². The predicted octanol–water partition coefficient (Wildman–Crippen LogP) is 4.10. The number of anilines is 2. The standard InChI is InChI=1S/C19H21ClN6O3/c1-11(2)29-19(28)23-13-8-21-17-24-16(10-26(17)9-13)14-7-12(5-6-15(14)20)22-18(27)25(3)4/h5-11H,1-4H3,(H,22,27)(H,23,28). The summed E-state index contributed by atoms with van der Waals surface area (Å²) in [6.45, 7) is 3.53. The number of hydrogen-bond donors (Lipinski definition) is 2. The van der Waals surface area contributed by atoms with Gasteiger partial charge in [-0.05, 0) is 32.0 Å². The zero-order valence-electron chi connectivity index (χ0n) is 16.4. The van der Waals surface area contributed by atoms with Crippen molar-refractivity contribution in [2.24, 2.45) is 0 Å². The van der Waals surface area contributed by atoms with Crippen LogP contribution < -0.4 is 10.6 Å². The SMILES string of the molecule is CC(C)OC(=O)Nc1cnc2nc(-c3cc(NC(=O)N(C)C)ccc3Cl)cn2c1. The summed E-state index contributed by atoms with van der Waals surface area (Å²) in [7, 11) is 3.31. The van der Waals surface area contributed by atoms with E-state index < -0.39 is 6.09 Å². The highest BCUT2D eigenvalue weighted by molar-refractivity contribution is 6.33. The Hall–Kier alpha value is -3.33. The second-order valence-electron chi connectivity index (χ2n) is 6.77. The second kappa shape index (κ2) is 8.36. The van der Waals surface area contributed by atoms with Gasteiger partial charge in [0, 0.05) is 37.7 Å². The van der Waals surface area contributed by atoms with Crippen LogP contribution >= 0.6 is 11.6 Å². The van der Waals surface area contributed by atoms with E-state index in [1.807, 2.05) is 0 Å². The number of ether oxygens (including phenoxy) is 1. The minimum absolute atomic E-state index is 0.228. The molecular formula is C19H21ClN6O3. The molecule has 0 fully saturated rings. The number of fused-ring (bicyclic) bond motifs is 1. The van der Waals surface area contributed by atoms with Gasteiger partial charge in [0.15, 0.2) is 0 Å². The van der Waals surface area contributed by atoms with Crippen LogP contribution in [0.25, 0.3) is 17.0 Å². The number of nitrogens with zero attached hydrogens (tertiary/aromatic N) is 4. The maximum absolute atomic E-state index is 11.9. The number of urea groups is 1. The molecule has 0 aliphatic carbocycles. The van der Waals surface area contributed by atoms with Crippen LogP contribution in [-0.2, 0) is 4.74 Å². The highest BCUT2D eigenvalue weighted by atomic mass is 35.5. The first kappa shape index (κ1) is 20.4. The summed E-state index contributed by atoms with van der Waals surface area (Å²) in [5.74, 6) is 0.432. The lowest BCUT2D eigenvalue weighted by Crippen LogP contribution is -2.27. The van der Waals surface area contributed by atoms with E-state index in [2.05, 4.69) is 20.6 Å². The molecule has 2 heterocycles. The van der Waals surface area contributed by atoms with E-state index >= 15 is 0 Å². The Morgan fingerprint density at radius 3 is 2.62 bits per heavy atom. The number of rotatable bonds is 4. The Labute approximate surface area is 172 Å². The fourth-order valence-electron chi connectivity index (χ4n) is 2.48. The Morgan fingerprint density at radius 2 is 1.93 bits per heavy atom. The lowest BCUT2D eigenvalue weighted by molar-refractivity contribution is 0.130. The van der Waals surface area contributed by atoms with Crippen molar-refractivity contribution in [1.29, 1.82) is 0 Å². The first-order chi connectivity index (χ1) is 13.7. The minimum atomic E-state index is -0.561. The van der Waals surface area contributed by atoms with Crippen LogP contribution in [-0.4, -0.2) is 51.6 Å². The molecule has 10 heteroatoms. The average molecular weight is 417 g/mol. The van der Waals surface area contributed by atoms with Crippen LogP contribution in [0.1, 0.15) is 13.8 Å². The summed E-state index contributed by atoms with van der Waals surface area (Å²) in [5.41, 5.74) is 2.27. The van der Waals surface area contributed by atoms with Gasteiger partial charge in [-0.15, -0.1) is 0 Å². The third-order valence-electron chi connectivity index (χ3n) is 3.80. The van der Waals surface area contributed by atoms with Crippen molar-refractivity contribution in [3.8, 4) is 11.3 Å². The van der Waals surface area contributed by atoms with Crippen LogP contribution in [0.5, 0.6) is 0 Å². The number of halogens is 1. The topological polar surface area (TPSA) is 101 Å². The van der Waals surface area contributed by atoms with Gasteiger partial charge < -0.3 is 15.0 Å². The van der Waals surface area contributed by atoms with Crippen molar-refractivity contribution in [2.45, 2.75) is 20.0 Å². The lowest BCUT2D eigenvalue weighted by atomic mass is 10.1. The summed E-state index contributed by atoms with van der Waals surface area (Å²) in [6.07, 6.45) is 4.11. The summed E-state index contributed by atoms with van der Waals surface area (Å²) in [6, 6.07) is 4.89. The Bertz CT molecular complexity index is 1060. The smallest absolute Gasteiger partial charge is 0.411 e. The van der Waals surface area contributed by atoms with Crippen LogP contribution in [0.15, 0.2) is 36.8 Å². The van der Waals surface area contributed by atoms with Gasteiger partial charge in [-0.1, -0.05) is 11.6 Å². The third-order valence-corrected chi connectivity index (χ3v) is 4.13. The fourth-order valence-corrected chi connectivity index (χ4v) is 2.69. The van der Waals surface area contributed by atoms with Crippen molar-refractivity contribution < 1.29 is 14.3 Å². The molecule has 0 unspecified atom stereocenters. The highest BCUT2D eigenvalue weighted by Gasteiger charge is 2.13. The number of nitrogens with one attached hydrogen (secondary N) is 2. The Balaban J connectivity index is 1.88. The maximum Gasteiger partial charge on any atom is 0.411 e. The molecule has 3 aromatic rings. The van der Waals surface area contributed by atoms with Gasteiger partial charge in [0.1, 0.15) is 0 Å². The fraction of sp³-hybridized carbons (Fsp3) is 0.263. The van der Waals surface area contributed by atoms with Gasteiger partial charge in [0.25, 0.3) is 0 Å². The maximum atomic E-state index is 11.9. The van der Waals surface area contributed by atoms with Crippen molar-refractivity contribution in [3.63, 3.8) is 0 Å². The molecule has 152 valence electrons. The Kier molecular flexibility index (Phi) is 5.88. The lowest BCUT2D eigenvalue weighted by Gasteiger charge is -2.13. The Morgan fingerprint density at radius 1 is 1.17 bits per heavy atom. The third kappa shape index (κ3) is 4.94. The van der Waals surface area contributed by atoms with Crippen LogP contribution in [0.2, 0.25) is 5.02 Å². The predicted molar refractivity (Wildman–Crippen MR) is 111 cm³/mol. The van der Waals surface area contributed by atoms with Gasteiger partial charge in [-0.25, -0.2) is 19.6 Å². The highest BCUT2D eigenvalue weighted by Crippen LogP contribution is 2.30. The normalized spacial score (nSPS) is 10.8. The number of hydrogen-bond acceptors (Lipinski definition) is 5. The molecule has 29 heavy (non-hydrogen) atoms. The van der Waals surface area contributed by atoms with Crippen LogP contribution in [0.4, 0.5) is 21.0 Å². The first-order valence-electron chi connectivity index (χ1n) is 8.83. The summed E-state index contributed by atoms with van der Waals surface area (Å²) >= 11 is 6.34. The molecule has 0 spiro atoms. The van der Waals surface area contributed by atoms with Gasteiger partial charge in [-0.2, -0.15) is 0 Å². The van der Waals surface area contributed by atoms with E-state index in [0.717, 1.165) is 0 Å². The largest absolute Gasteiger partial charge is 0.447 e. The first-order valence-corrected chi connectivity index (χ1v) is 9.21. The number of carbonyl (C=O) groups is 2. The summed E-state index contributed by atoms with van der Waals surface area (Å²) < 4.78 is 6.73. The second-order valence-corrected chi connectivity index (χ2v) is 7.18. The molecule has 9 nitrogen and oxygen atoms in total. The van der Waals surface area contributed by atoms with Crippen molar-refractivity contribution >= 4 is 40.9 Å². The number of carbonyl (C=O) groups excluding carboxylic acids is 2. The number of aromatic nitrogens is 3. The molecule has 3 rings (SSSR count). The molecule has 1 aromatic carbocycles. The van der Waals surface area contributed by atoms with Crippen molar-refractivity contribution in [2.75, 3.05) is 24.7 Å². The van der Waals surface area contributed by atoms with Crippen LogP contribution in [0.3, 0.4) is 0 Å². The zero-order valence-corrected chi connectivity index (χ0v) is 17.2. The summed E-state index contributed by atoms with van der Waals surface area (Å²) in [5, 5.41) is 5.87. The molecule has 3 amide bonds. The molecule has 2 aromatic heterocycles. The molecule has 0 saturated heterocycles. The molecule has 0 saturated carbocycles. The van der Waals surface area contributed by atoms with Gasteiger partial charge in [0.2, 0.25) is 5.78 Å². The van der Waals surface area contributed by atoms with E-state index in [1.165, 1.54) is 11.1 Å². The molecule has 0 aliphatic heterocycles. The zero-order chi connectivity index (χ0) is 21.1. The van der Waals surface area contributed by atoms with E-state index in [-0.39, 0.29) is 12.1 Å². The molecule has 0 aliphatic rings. The average Bonchev–Trinajstić information content (AvgIpc) is 3.05. The van der Waals surface area contributed by atoms with Gasteiger partial charge >= 0.3 is 12.1 Å². The van der Waals surface area contributed by atoms with Gasteiger partial charge in [0.05, 0.1) is 28.7 Å². The van der Waals surface area contributed by atoms with Crippen LogP contribution in [0, 0.1) is 0 Å². The molecule has 2 N–H and O–H groups in total. The van der Waals surface area contributed by atoms with E-state index in [4.69, 9.17) is 16.3 Å². The van der Waals surface area contributed by atoms with E-state index in [0.29, 0.717) is 33.4 Å². The molecule has 0 bridgehead atoms.